The summed E-state index contributed by atoms with van der Waals surface area (Å²) in [5.74, 6) is 0.00286. The van der Waals surface area contributed by atoms with E-state index < -0.39 is 11.8 Å². The van der Waals surface area contributed by atoms with Crippen LogP contribution in [0.25, 0.3) is 6.08 Å². The molecule has 0 atom stereocenters. The second kappa shape index (κ2) is 10.5. The van der Waals surface area contributed by atoms with E-state index in [1.807, 2.05) is 6.92 Å². The number of carbonyl (C=O) groups is 2. The average Bonchev–Trinajstić information content (AvgIpc) is 3.01. The lowest BCUT2D eigenvalue weighted by molar-refractivity contribution is -0.123. The van der Waals surface area contributed by atoms with E-state index in [1.165, 1.54) is 0 Å². The number of hydrogen-bond donors (Lipinski definition) is 1. The van der Waals surface area contributed by atoms with Gasteiger partial charge in [-0.1, -0.05) is 54.2 Å². The Labute approximate surface area is 194 Å². The molecule has 1 N–H and O–H groups in total. The fourth-order valence-corrected chi connectivity index (χ4v) is 4.14. The van der Waals surface area contributed by atoms with Crippen LogP contribution in [0.2, 0.25) is 5.02 Å². The molecule has 2 amide bonds. The van der Waals surface area contributed by atoms with Crippen LogP contribution in [0.1, 0.15) is 22.8 Å². The molecule has 1 saturated heterocycles. The maximum atomic E-state index is 12.8. The van der Waals surface area contributed by atoms with Crippen molar-refractivity contribution >= 4 is 57.8 Å². The third-order valence-electron chi connectivity index (χ3n) is 4.02. The Bertz CT molecular complexity index is 1060. The van der Waals surface area contributed by atoms with Crippen molar-refractivity contribution < 1.29 is 19.1 Å². The van der Waals surface area contributed by atoms with E-state index in [1.54, 1.807) is 54.6 Å². The normalized spacial score (nSPS) is 14.6. The van der Waals surface area contributed by atoms with E-state index in [9.17, 15) is 9.59 Å². The fourth-order valence-electron chi connectivity index (χ4n) is 2.69. The predicted molar refractivity (Wildman–Crippen MR) is 127 cm³/mol. The van der Waals surface area contributed by atoms with Gasteiger partial charge in [-0.15, -0.1) is 0 Å². The second-order valence-electron chi connectivity index (χ2n) is 6.19. The monoisotopic (exact) mass is 474 g/mol. The summed E-state index contributed by atoms with van der Waals surface area (Å²) in [6.45, 7) is 6.16. The number of hydrogen-bond acceptors (Lipinski definition) is 6. The molecule has 160 valence electrons. The van der Waals surface area contributed by atoms with Gasteiger partial charge in [0.15, 0.2) is 15.8 Å². The summed E-state index contributed by atoms with van der Waals surface area (Å²) in [6.07, 6.45) is 3.24. The van der Waals surface area contributed by atoms with Crippen LogP contribution in [0, 0.1) is 0 Å². The zero-order valence-corrected chi connectivity index (χ0v) is 19.0. The van der Waals surface area contributed by atoms with Crippen LogP contribution in [-0.2, 0) is 4.79 Å². The second-order valence-corrected chi connectivity index (χ2v) is 8.27. The SMILES string of the molecule is C=CCOc1c(Cl)cc(/C=C2\SC(=S)N(NC(=O)c3ccccc3)C2=O)cc1OCC. The molecule has 0 aromatic heterocycles. The molecular weight excluding hydrogens is 456 g/mol. The van der Waals surface area contributed by atoms with E-state index in [-0.39, 0.29) is 10.9 Å². The minimum absolute atomic E-state index is 0.225. The van der Waals surface area contributed by atoms with E-state index in [0.29, 0.717) is 39.2 Å². The van der Waals surface area contributed by atoms with E-state index in [0.717, 1.165) is 16.8 Å². The predicted octanol–water partition coefficient (Wildman–Crippen LogP) is 4.85. The van der Waals surface area contributed by atoms with Crippen LogP contribution in [0.3, 0.4) is 0 Å². The molecule has 1 heterocycles. The molecule has 0 unspecified atom stereocenters. The number of hydrazine groups is 1. The summed E-state index contributed by atoms with van der Waals surface area (Å²) < 4.78 is 11.4. The molecular formula is C22H19ClN2O4S2. The largest absolute Gasteiger partial charge is 0.490 e. The maximum Gasteiger partial charge on any atom is 0.285 e. The number of halogens is 1. The number of ether oxygens (including phenoxy) is 2. The Morgan fingerprint density at radius 1 is 1.29 bits per heavy atom. The molecule has 3 rings (SSSR count). The average molecular weight is 475 g/mol. The molecule has 0 radical (unpaired) electrons. The Morgan fingerprint density at radius 2 is 2.03 bits per heavy atom. The van der Waals surface area contributed by atoms with Crippen molar-refractivity contribution in [3.63, 3.8) is 0 Å². The van der Waals surface area contributed by atoms with Crippen molar-refractivity contribution in [2.45, 2.75) is 6.92 Å². The van der Waals surface area contributed by atoms with Crippen molar-refractivity contribution in [3.8, 4) is 11.5 Å². The third kappa shape index (κ3) is 5.46. The molecule has 1 aliphatic rings. The summed E-state index contributed by atoms with van der Waals surface area (Å²) in [7, 11) is 0. The molecule has 9 heteroatoms. The van der Waals surface area contributed by atoms with E-state index in [4.69, 9.17) is 33.3 Å². The highest BCUT2D eigenvalue weighted by Gasteiger charge is 2.34. The van der Waals surface area contributed by atoms with Gasteiger partial charge < -0.3 is 9.47 Å². The van der Waals surface area contributed by atoms with Gasteiger partial charge in [0.1, 0.15) is 6.61 Å². The summed E-state index contributed by atoms with van der Waals surface area (Å²) >= 11 is 12.7. The number of thiocarbonyl (C=S) groups is 1. The highest BCUT2D eigenvalue weighted by molar-refractivity contribution is 8.26. The Kier molecular flexibility index (Phi) is 7.73. The highest BCUT2D eigenvalue weighted by atomic mass is 35.5. The van der Waals surface area contributed by atoms with Crippen molar-refractivity contribution in [3.05, 3.63) is 76.2 Å². The van der Waals surface area contributed by atoms with Gasteiger partial charge in [0.25, 0.3) is 11.8 Å². The van der Waals surface area contributed by atoms with Gasteiger partial charge in [0, 0.05) is 5.56 Å². The molecule has 2 aromatic carbocycles. The number of thioether (sulfide) groups is 1. The molecule has 1 aliphatic heterocycles. The molecule has 6 nitrogen and oxygen atoms in total. The van der Waals surface area contributed by atoms with E-state index in [2.05, 4.69) is 12.0 Å². The van der Waals surface area contributed by atoms with Crippen LogP contribution in [0.15, 0.2) is 60.0 Å². The molecule has 0 saturated carbocycles. The van der Waals surface area contributed by atoms with Crippen molar-refractivity contribution in [2.75, 3.05) is 13.2 Å². The first-order valence-corrected chi connectivity index (χ1v) is 10.9. The third-order valence-corrected chi connectivity index (χ3v) is 5.60. The Balaban J connectivity index is 1.83. The van der Waals surface area contributed by atoms with Gasteiger partial charge in [-0.2, -0.15) is 5.01 Å². The lowest BCUT2D eigenvalue weighted by Crippen LogP contribution is -2.44. The number of carbonyl (C=O) groups excluding carboxylic acids is 2. The van der Waals surface area contributed by atoms with Crippen LogP contribution in [-0.4, -0.2) is 34.4 Å². The summed E-state index contributed by atoms with van der Waals surface area (Å²) in [5.41, 5.74) is 3.60. The number of nitrogens with one attached hydrogen (secondary N) is 1. The van der Waals surface area contributed by atoms with Crippen LogP contribution < -0.4 is 14.9 Å². The molecule has 0 aliphatic carbocycles. The zero-order valence-electron chi connectivity index (χ0n) is 16.6. The minimum Gasteiger partial charge on any atom is -0.490 e. The minimum atomic E-state index is -0.430. The first-order valence-electron chi connectivity index (χ1n) is 9.28. The summed E-state index contributed by atoms with van der Waals surface area (Å²) in [6, 6.07) is 12.0. The topological polar surface area (TPSA) is 67.9 Å². The van der Waals surface area contributed by atoms with Crippen LogP contribution in [0.5, 0.6) is 11.5 Å². The van der Waals surface area contributed by atoms with Gasteiger partial charge in [0.05, 0.1) is 16.5 Å². The number of rotatable bonds is 8. The zero-order chi connectivity index (χ0) is 22.4. The van der Waals surface area contributed by atoms with Gasteiger partial charge in [-0.25, -0.2) is 0 Å². The molecule has 1 fully saturated rings. The molecule has 0 bridgehead atoms. The van der Waals surface area contributed by atoms with Gasteiger partial charge in [-0.05, 0) is 55.0 Å². The van der Waals surface area contributed by atoms with E-state index >= 15 is 0 Å². The Morgan fingerprint density at radius 3 is 2.71 bits per heavy atom. The number of nitrogens with zero attached hydrogens (tertiary/aromatic N) is 1. The van der Waals surface area contributed by atoms with Crippen molar-refractivity contribution in [1.29, 1.82) is 0 Å². The molecule has 0 spiro atoms. The number of amides is 2. The summed E-state index contributed by atoms with van der Waals surface area (Å²) in [4.78, 5) is 25.6. The quantitative estimate of drug-likeness (QED) is 0.335. The van der Waals surface area contributed by atoms with Gasteiger partial charge >= 0.3 is 0 Å². The smallest absolute Gasteiger partial charge is 0.285 e. The van der Waals surface area contributed by atoms with Gasteiger partial charge in [0.2, 0.25) is 0 Å². The summed E-state index contributed by atoms with van der Waals surface area (Å²) in [5, 5.41) is 1.40. The lowest BCUT2D eigenvalue weighted by Gasteiger charge is -2.15. The number of benzene rings is 2. The lowest BCUT2D eigenvalue weighted by atomic mass is 10.1. The van der Waals surface area contributed by atoms with Gasteiger partial charge in [-0.3, -0.25) is 15.0 Å². The maximum absolute atomic E-state index is 12.8. The van der Waals surface area contributed by atoms with Crippen LogP contribution >= 0.6 is 35.6 Å². The van der Waals surface area contributed by atoms with Crippen molar-refractivity contribution in [1.82, 2.24) is 10.4 Å². The molecule has 2 aromatic rings. The van der Waals surface area contributed by atoms with Crippen molar-refractivity contribution in [2.24, 2.45) is 0 Å². The first-order chi connectivity index (χ1) is 14.9. The van der Waals surface area contributed by atoms with Crippen LogP contribution in [0.4, 0.5) is 0 Å². The highest BCUT2D eigenvalue weighted by Crippen LogP contribution is 2.39. The molecule has 31 heavy (non-hydrogen) atoms. The Hall–Kier alpha value is -2.81. The standard InChI is InChI=1S/C22H19ClN2O4S2/c1-3-10-29-19-16(23)11-14(12-17(19)28-4-2)13-18-21(27)25(22(30)31-18)24-20(26)15-8-6-5-7-9-15/h3,5-9,11-13H,1,4,10H2,2H3,(H,24,26)/b18-13-. The first kappa shape index (κ1) is 22.9. The fraction of sp³-hybridized carbons (Fsp3) is 0.136.